The van der Waals surface area contributed by atoms with Crippen LogP contribution in [-0.2, 0) is 6.54 Å². The first kappa shape index (κ1) is 16.1. The highest BCUT2D eigenvalue weighted by molar-refractivity contribution is 7.99. The second-order valence-corrected chi connectivity index (χ2v) is 7.37. The van der Waals surface area contributed by atoms with Gasteiger partial charge in [0.25, 0.3) is 0 Å². The number of rotatable bonds is 4. The molecule has 0 atom stereocenters. The zero-order chi connectivity index (χ0) is 18.4. The Labute approximate surface area is 158 Å². The largest absolute Gasteiger partial charge is 0.350 e. The van der Waals surface area contributed by atoms with E-state index in [2.05, 4.69) is 38.8 Å². The van der Waals surface area contributed by atoms with E-state index in [1.165, 1.54) is 15.6 Å². The highest BCUT2D eigenvalue weighted by Crippen LogP contribution is 2.25. The molecule has 5 rings (SSSR count). The molecule has 0 N–H and O–H groups in total. The highest BCUT2D eigenvalue weighted by Gasteiger charge is 2.12. The SMILES string of the molecule is Cc1cc2nnc(SCCn3nc4ccccn4c3=O)n2c2ccccc12. The minimum atomic E-state index is -0.127. The Morgan fingerprint density at radius 3 is 2.78 bits per heavy atom. The molecule has 27 heavy (non-hydrogen) atoms. The molecular formula is C19H16N6OS. The molecule has 5 aromatic rings. The Morgan fingerprint density at radius 2 is 1.89 bits per heavy atom. The fourth-order valence-electron chi connectivity index (χ4n) is 3.31. The van der Waals surface area contributed by atoms with Crippen molar-refractivity contribution in [3.05, 3.63) is 70.8 Å². The standard InChI is InChI=1S/C19H16N6OS/c1-13-12-17-20-21-18(25(17)15-7-3-2-6-14(13)15)27-11-10-24-19(26)23-9-5-4-8-16(23)22-24/h2-9,12H,10-11H2,1H3. The second-order valence-electron chi connectivity index (χ2n) is 6.30. The van der Waals surface area contributed by atoms with Crippen molar-refractivity contribution in [1.29, 1.82) is 0 Å². The molecule has 0 saturated carbocycles. The fraction of sp³-hybridized carbons (Fsp3) is 0.158. The van der Waals surface area contributed by atoms with Gasteiger partial charge in [-0.15, -0.1) is 15.3 Å². The van der Waals surface area contributed by atoms with Crippen LogP contribution in [0.15, 0.2) is 64.7 Å². The smallest absolute Gasteiger partial charge is 0.270 e. The summed E-state index contributed by atoms with van der Waals surface area (Å²) in [5.41, 5.74) is 3.63. The molecule has 134 valence electrons. The van der Waals surface area contributed by atoms with Crippen LogP contribution in [0.2, 0.25) is 0 Å². The van der Waals surface area contributed by atoms with Crippen molar-refractivity contribution in [2.45, 2.75) is 18.6 Å². The fourth-order valence-corrected chi connectivity index (χ4v) is 4.17. The number of hydrogen-bond acceptors (Lipinski definition) is 5. The Bertz CT molecular complexity index is 1350. The Hall–Kier alpha value is -3.13. The zero-order valence-electron chi connectivity index (χ0n) is 14.6. The van der Waals surface area contributed by atoms with Gasteiger partial charge in [0.15, 0.2) is 16.5 Å². The van der Waals surface area contributed by atoms with E-state index in [-0.39, 0.29) is 5.69 Å². The molecule has 1 aromatic carbocycles. The lowest BCUT2D eigenvalue weighted by molar-refractivity contribution is 0.639. The number of fused-ring (bicyclic) bond motifs is 4. The number of para-hydroxylation sites is 1. The highest BCUT2D eigenvalue weighted by atomic mass is 32.2. The van der Waals surface area contributed by atoms with Gasteiger partial charge in [-0.3, -0.25) is 8.80 Å². The van der Waals surface area contributed by atoms with Gasteiger partial charge in [-0.2, -0.15) is 0 Å². The molecule has 0 fully saturated rings. The maximum Gasteiger partial charge on any atom is 0.350 e. The van der Waals surface area contributed by atoms with E-state index >= 15 is 0 Å². The summed E-state index contributed by atoms with van der Waals surface area (Å²) in [5.74, 6) is 0.673. The lowest BCUT2D eigenvalue weighted by atomic mass is 10.1. The number of aromatic nitrogens is 6. The van der Waals surface area contributed by atoms with E-state index < -0.39 is 0 Å². The van der Waals surface area contributed by atoms with Crippen molar-refractivity contribution in [2.24, 2.45) is 0 Å². The third-order valence-corrected chi connectivity index (χ3v) is 5.51. The summed E-state index contributed by atoms with van der Waals surface area (Å²) in [5, 5.41) is 15.0. The molecule has 0 amide bonds. The molecule has 0 saturated heterocycles. The number of nitrogens with zero attached hydrogens (tertiary/aromatic N) is 6. The summed E-state index contributed by atoms with van der Waals surface area (Å²) in [6.07, 6.45) is 1.73. The quantitative estimate of drug-likeness (QED) is 0.451. The van der Waals surface area contributed by atoms with Crippen molar-refractivity contribution in [3.8, 4) is 0 Å². The third kappa shape index (κ3) is 2.60. The molecular weight excluding hydrogens is 360 g/mol. The van der Waals surface area contributed by atoms with Crippen LogP contribution in [0.3, 0.4) is 0 Å². The normalized spacial score (nSPS) is 11.7. The molecule has 4 heterocycles. The number of hydrogen-bond donors (Lipinski definition) is 0. The molecule has 7 nitrogen and oxygen atoms in total. The van der Waals surface area contributed by atoms with Gasteiger partial charge in [-0.25, -0.2) is 9.48 Å². The summed E-state index contributed by atoms with van der Waals surface area (Å²) in [6.45, 7) is 2.59. The topological polar surface area (TPSA) is 69.5 Å². The van der Waals surface area contributed by atoms with Crippen LogP contribution in [0.1, 0.15) is 5.56 Å². The van der Waals surface area contributed by atoms with Crippen molar-refractivity contribution in [1.82, 2.24) is 28.8 Å². The third-order valence-electron chi connectivity index (χ3n) is 4.60. The Kier molecular flexibility index (Phi) is 3.71. The van der Waals surface area contributed by atoms with Gasteiger partial charge in [0.05, 0.1) is 12.1 Å². The molecule has 0 spiro atoms. The van der Waals surface area contributed by atoms with E-state index in [9.17, 15) is 4.79 Å². The lowest BCUT2D eigenvalue weighted by Gasteiger charge is -2.07. The van der Waals surface area contributed by atoms with Gasteiger partial charge in [-0.05, 0) is 36.8 Å². The predicted molar refractivity (Wildman–Crippen MR) is 105 cm³/mol. The van der Waals surface area contributed by atoms with Crippen molar-refractivity contribution in [3.63, 3.8) is 0 Å². The van der Waals surface area contributed by atoms with Crippen LogP contribution in [0.5, 0.6) is 0 Å². The van der Waals surface area contributed by atoms with Crippen LogP contribution in [0.25, 0.3) is 22.2 Å². The average Bonchev–Trinajstić information content (AvgIpc) is 3.24. The summed E-state index contributed by atoms with van der Waals surface area (Å²) in [4.78, 5) is 12.4. The molecule has 0 aliphatic heterocycles. The van der Waals surface area contributed by atoms with Gasteiger partial charge in [0, 0.05) is 17.3 Å². The van der Waals surface area contributed by atoms with Crippen LogP contribution >= 0.6 is 11.8 Å². The molecule has 0 unspecified atom stereocenters. The number of pyridine rings is 2. The first-order valence-corrected chi connectivity index (χ1v) is 9.61. The van der Waals surface area contributed by atoms with Crippen LogP contribution < -0.4 is 5.69 Å². The number of thioether (sulfide) groups is 1. The predicted octanol–water partition coefficient (Wildman–Crippen LogP) is 2.79. The first-order chi connectivity index (χ1) is 13.2. The minimum absolute atomic E-state index is 0.127. The monoisotopic (exact) mass is 376 g/mol. The van der Waals surface area contributed by atoms with E-state index in [4.69, 9.17) is 0 Å². The van der Waals surface area contributed by atoms with Gasteiger partial charge in [-0.1, -0.05) is 36.0 Å². The summed E-state index contributed by atoms with van der Waals surface area (Å²) in [7, 11) is 0. The Balaban J connectivity index is 1.46. The molecule has 0 aliphatic carbocycles. The molecule has 0 aliphatic rings. The molecule has 0 radical (unpaired) electrons. The molecule has 8 heteroatoms. The minimum Gasteiger partial charge on any atom is -0.270 e. The van der Waals surface area contributed by atoms with Crippen LogP contribution in [-0.4, -0.2) is 34.5 Å². The number of aryl methyl sites for hydroxylation is 2. The van der Waals surface area contributed by atoms with E-state index in [0.717, 1.165) is 16.3 Å². The van der Waals surface area contributed by atoms with Crippen LogP contribution in [0, 0.1) is 6.92 Å². The maximum absolute atomic E-state index is 12.4. The van der Waals surface area contributed by atoms with Gasteiger partial charge < -0.3 is 0 Å². The zero-order valence-corrected chi connectivity index (χ0v) is 15.4. The van der Waals surface area contributed by atoms with Gasteiger partial charge in [0.2, 0.25) is 0 Å². The number of benzene rings is 1. The summed E-state index contributed by atoms with van der Waals surface area (Å²) in [6, 6.07) is 15.8. The van der Waals surface area contributed by atoms with Crippen molar-refractivity contribution in [2.75, 3.05) is 5.75 Å². The first-order valence-electron chi connectivity index (χ1n) is 8.63. The van der Waals surface area contributed by atoms with E-state index in [0.29, 0.717) is 17.9 Å². The Morgan fingerprint density at radius 1 is 1.04 bits per heavy atom. The molecule has 0 bridgehead atoms. The van der Waals surface area contributed by atoms with Gasteiger partial charge >= 0.3 is 5.69 Å². The van der Waals surface area contributed by atoms with Crippen LogP contribution in [0.4, 0.5) is 0 Å². The lowest BCUT2D eigenvalue weighted by Crippen LogP contribution is -2.22. The van der Waals surface area contributed by atoms with E-state index in [1.54, 1.807) is 22.4 Å². The average molecular weight is 376 g/mol. The molecule has 4 aromatic heterocycles. The van der Waals surface area contributed by atoms with Gasteiger partial charge in [0.1, 0.15) is 0 Å². The summed E-state index contributed by atoms with van der Waals surface area (Å²) < 4.78 is 5.11. The van der Waals surface area contributed by atoms with E-state index in [1.807, 2.05) is 36.4 Å². The summed E-state index contributed by atoms with van der Waals surface area (Å²) >= 11 is 1.57. The van der Waals surface area contributed by atoms with Crippen molar-refractivity contribution >= 4 is 34.0 Å². The maximum atomic E-state index is 12.4. The second kappa shape index (κ2) is 6.24. The van der Waals surface area contributed by atoms with Crippen molar-refractivity contribution < 1.29 is 0 Å².